The summed E-state index contributed by atoms with van der Waals surface area (Å²) in [5.74, 6) is -2.76. The van der Waals surface area contributed by atoms with Crippen LogP contribution in [0.25, 0.3) is 0 Å². The van der Waals surface area contributed by atoms with Gasteiger partial charge in [-0.3, -0.25) is 24.5 Å². The predicted molar refractivity (Wildman–Crippen MR) is 104 cm³/mol. The molecular formula is C21H17N3O6. The van der Waals surface area contributed by atoms with Crippen molar-refractivity contribution in [3.63, 3.8) is 0 Å². The standard InChI is InChI=1S/C21H17N3O6/c25-17-9-8-16(19(27)23-17)24-10-15-13(2-1-3-14(15)20(24)28)18(26)22-12-6-4-11(5-7-12)21(29)30/h1-7,16H,8-10H2,(H,22,26)(H,29,30)(H,23,25,27). The molecule has 2 aromatic rings. The second kappa shape index (κ2) is 7.43. The van der Waals surface area contributed by atoms with Gasteiger partial charge in [0.25, 0.3) is 11.8 Å². The molecule has 9 nitrogen and oxygen atoms in total. The minimum absolute atomic E-state index is 0.0853. The van der Waals surface area contributed by atoms with Crippen LogP contribution in [-0.2, 0) is 16.1 Å². The minimum atomic E-state index is -1.07. The molecule has 1 fully saturated rings. The van der Waals surface area contributed by atoms with Gasteiger partial charge < -0.3 is 15.3 Å². The Morgan fingerprint density at radius 3 is 2.47 bits per heavy atom. The molecule has 152 valence electrons. The molecule has 0 spiro atoms. The number of benzene rings is 2. The Kier molecular flexibility index (Phi) is 4.78. The monoisotopic (exact) mass is 407 g/mol. The van der Waals surface area contributed by atoms with Gasteiger partial charge in [-0.1, -0.05) is 6.07 Å². The fourth-order valence-corrected chi connectivity index (χ4v) is 3.69. The predicted octanol–water partition coefficient (Wildman–Crippen LogP) is 1.40. The van der Waals surface area contributed by atoms with E-state index in [2.05, 4.69) is 10.6 Å². The Morgan fingerprint density at radius 2 is 1.80 bits per heavy atom. The van der Waals surface area contributed by atoms with Crippen molar-refractivity contribution in [3.05, 3.63) is 64.7 Å². The SMILES string of the molecule is O=C1CCC(N2Cc3c(C(=O)Nc4ccc(C(=O)O)cc4)cccc3C2=O)C(=O)N1. The maximum absolute atomic E-state index is 12.8. The molecule has 1 unspecified atom stereocenters. The average Bonchev–Trinajstić information content (AvgIpc) is 3.05. The molecule has 2 aliphatic rings. The number of nitrogens with zero attached hydrogens (tertiary/aromatic N) is 1. The summed E-state index contributed by atoms with van der Waals surface area (Å²) in [4.78, 5) is 61.5. The van der Waals surface area contributed by atoms with Crippen LogP contribution < -0.4 is 10.6 Å². The van der Waals surface area contributed by atoms with Crippen LogP contribution >= 0.6 is 0 Å². The van der Waals surface area contributed by atoms with Crippen molar-refractivity contribution < 1.29 is 29.1 Å². The molecule has 4 amide bonds. The van der Waals surface area contributed by atoms with Gasteiger partial charge in [-0.05, 0) is 48.4 Å². The maximum atomic E-state index is 12.8. The van der Waals surface area contributed by atoms with E-state index in [1.54, 1.807) is 18.2 Å². The van der Waals surface area contributed by atoms with Crippen LogP contribution in [0.4, 0.5) is 5.69 Å². The number of amides is 4. The lowest BCUT2D eigenvalue weighted by Crippen LogP contribution is -2.52. The smallest absolute Gasteiger partial charge is 0.335 e. The molecular weight excluding hydrogens is 390 g/mol. The van der Waals surface area contributed by atoms with E-state index in [1.807, 2.05) is 0 Å². The lowest BCUT2D eigenvalue weighted by atomic mass is 10.0. The summed E-state index contributed by atoms with van der Waals surface area (Å²) in [6, 6.07) is 9.72. The molecule has 1 atom stereocenters. The second-order valence-corrected chi connectivity index (χ2v) is 7.07. The fraction of sp³-hybridized carbons (Fsp3) is 0.190. The summed E-state index contributed by atoms with van der Waals surface area (Å²) in [5.41, 5.74) is 1.64. The molecule has 0 bridgehead atoms. The lowest BCUT2D eigenvalue weighted by molar-refractivity contribution is -0.136. The molecule has 3 N–H and O–H groups in total. The summed E-state index contributed by atoms with van der Waals surface area (Å²) in [6.45, 7) is 0.0853. The van der Waals surface area contributed by atoms with E-state index in [0.717, 1.165) is 0 Å². The Bertz CT molecular complexity index is 1090. The number of imide groups is 1. The summed E-state index contributed by atoms with van der Waals surface area (Å²) in [7, 11) is 0. The maximum Gasteiger partial charge on any atom is 0.335 e. The first-order valence-electron chi connectivity index (χ1n) is 9.26. The molecule has 0 aromatic heterocycles. The number of nitrogens with one attached hydrogen (secondary N) is 2. The van der Waals surface area contributed by atoms with Crippen LogP contribution in [0.1, 0.15) is 49.5 Å². The van der Waals surface area contributed by atoms with Crippen LogP contribution in [0.3, 0.4) is 0 Å². The first-order valence-corrected chi connectivity index (χ1v) is 9.26. The zero-order valence-corrected chi connectivity index (χ0v) is 15.7. The highest BCUT2D eigenvalue weighted by Crippen LogP contribution is 2.30. The van der Waals surface area contributed by atoms with Gasteiger partial charge in [0.2, 0.25) is 11.8 Å². The number of carboxylic acids is 1. The number of anilines is 1. The van der Waals surface area contributed by atoms with Gasteiger partial charge >= 0.3 is 5.97 Å². The lowest BCUT2D eigenvalue weighted by Gasteiger charge is -2.29. The van der Waals surface area contributed by atoms with Gasteiger partial charge in [-0.2, -0.15) is 0 Å². The number of carbonyl (C=O) groups excluding carboxylic acids is 4. The normalized spacial score (nSPS) is 18.1. The van der Waals surface area contributed by atoms with E-state index in [9.17, 15) is 24.0 Å². The number of carbonyl (C=O) groups is 5. The molecule has 4 rings (SSSR count). The highest BCUT2D eigenvalue weighted by Gasteiger charge is 2.40. The molecule has 0 aliphatic carbocycles. The van der Waals surface area contributed by atoms with Crippen molar-refractivity contribution in [3.8, 4) is 0 Å². The summed E-state index contributed by atoms with van der Waals surface area (Å²) < 4.78 is 0. The molecule has 30 heavy (non-hydrogen) atoms. The zero-order valence-electron chi connectivity index (χ0n) is 15.7. The number of aromatic carboxylic acids is 1. The van der Waals surface area contributed by atoms with E-state index in [-0.39, 0.29) is 42.3 Å². The summed E-state index contributed by atoms with van der Waals surface area (Å²) >= 11 is 0. The second-order valence-electron chi connectivity index (χ2n) is 7.07. The van der Waals surface area contributed by atoms with E-state index >= 15 is 0 Å². The Balaban J connectivity index is 1.56. The van der Waals surface area contributed by atoms with E-state index < -0.39 is 23.8 Å². The van der Waals surface area contributed by atoms with E-state index in [4.69, 9.17) is 5.11 Å². The Morgan fingerprint density at radius 1 is 1.07 bits per heavy atom. The summed E-state index contributed by atoms with van der Waals surface area (Å²) in [5, 5.41) is 13.9. The number of piperidine rings is 1. The first kappa shape index (κ1) is 19.3. The number of carboxylic acid groups (broad SMARTS) is 1. The highest BCUT2D eigenvalue weighted by molar-refractivity contribution is 6.10. The molecule has 0 radical (unpaired) electrons. The largest absolute Gasteiger partial charge is 0.478 e. The van der Waals surface area contributed by atoms with Gasteiger partial charge in [-0.15, -0.1) is 0 Å². The quantitative estimate of drug-likeness (QED) is 0.656. The topological polar surface area (TPSA) is 133 Å². The number of fused-ring (bicyclic) bond motifs is 1. The van der Waals surface area contributed by atoms with Crippen LogP contribution in [-0.4, -0.2) is 45.6 Å². The summed E-state index contributed by atoms with van der Waals surface area (Å²) in [6.07, 6.45) is 0.387. The Labute approximate surface area is 170 Å². The van der Waals surface area contributed by atoms with Crippen LogP contribution in [0.15, 0.2) is 42.5 Å². The third-order valence-electron chi connectivity index (χ3n) is 5.22. The van der Waals surface area contributed by atoms with E-state index in [0.29, 0.717) is 16.8 Å². The molecule has 2 heterocycles. The van der Waals surface area contributed by atoms with Gasteiger partial charge in [0, 0.05) is 29.8 Å². The van der Waals surface area contributed by atoms with Gasteiger partial charge in [-0.25, -0.2) is 4.79 Å². The fourth-order valence-electron chi connectivity index (χ4n) is 3.69. The van der Waals surface area contributed by atoms with Crippen molar-refractivity contribution in [2.75, 3.05) is 5.32 Å². The molecule has 2 aromatic carbocycles. The first-order chi connectivity index (χ1) is 14.3. The van der Waals surface area contributed by atoms with Crippen molar-refractivity contribution in [1.82, 2.24) is 10.2 Å². The molecule has 0 saturated carbocycles. The average molecular weight is 407 g/mol. The number of hydrogen-bond donors (Lipinski definition) is 3. The highest BCUT2D eigenvalue weighted by atomic mass is 16.4. The number of rotatable bonds is 4. The van der Waals surface area contributed by atoms with Gasteiger partial charge in [0.05, 0.1) is 5.56 Å². The third kappa shape index (κ3) is 3.41. The minimum Gasteiger partial charge on any atom is -0.478 e. The zero-order chi connectivity index (χ0) is 21.4. The Hall–Kier alpha value is -4.01. The van der Waals surface area contributed by atoms with Crippen LogP contribution in [0.5, 0.6) is 0 Å². The van der Waals surface area contributed by atoms with Gasteiger partial charge in [0.15, 0.2) is 0 Å². The third-order valence-corrected chi connectivity index (χ3v) is 5.22. The number of hydrogen-bond acceptors (Lipinski definition) is 5. The van der Waals surface area contributed by atoms with Crippen molar-refractivity contribution >= 4 is 35.3 Å². The molecule has 2 aliphatic heterocycles. The van der Waals surface area contributed by atoms with Crippen LogP contribution in [0.2, 0.25) is 0 Å². The molecule has 9 heteroatoms. The molecule has 1 saturated heterocycles. The van der Waals surface area contributed by atoms with Crippen molar-refractivity contribution in [1.29, 1.82) is 0 Å². The van der Waals surface area contributed by atoms with Crippen molar-refractivity contribution in [2.24, 2.45) is 0 Å². The van der Waals surface area contributed by atoms with E-state index in [1.165, 1.54) is 29.2 Å². The van der Waals surface area contributed by atoms with Crippen LogP contribution in [0, 0.1) is 0 Å². The van der Waals surface area contributed by atoms with Crippen molar-refractivity contribution in [2.45, 2.75) is 25.4 Å². The van der Waals surface area contributed by atoms with Gasteiger partial charge in [0.1, 0.15) is 6.04 Å².